The van der Waals surface area contributed by atoms with Gasteiger partial charge in [0, 0.05) is 12.1 Å². The number of aliphatic hydroxyl groups excluding tert-OH is 1. The minimum Gasteiger partial charge on any atom is -0.466 e. The van der Waals surface area contributed by atoms with Gasteiger partial charge in [-0.15, -0.1) is 0 Å². The average Bonchev–Trinajstić information content (AvgIpc) is 2.16. The van der Waals surface area contributed by atoms with Gasteiger partial charge in [0.2, 0.25) is 0 Å². The van der Waals surface area contributed by atoms with Crippen LogP contribution in [0.25, 0.3) is 0 Å². The van der Waals surface area contributed by atoms with E-state index in [1.807, 2.05) is 0 Å². The topological polar surface area (TPSA) is 49.8 Å². The van der Waals surface area contributed by atoms with Gasteiger partial charge in [0.25, 0.3) is 0 Å². The van der Waals surface area contributed by atoms with E-state index in [-0.39, 0.29) is 17.4 Å². The molecule has 0 aliphatic carbocycles. The first kappa shape index (κ1) is 13.5. The predicted molar refractivity (Wildman–Crippen MR) is 62.1 cm³/mol. The highest BCUT2D eigenvalue weighted by molar-refractivity contribution is 5.73. The first-order chi connectivity index (χ1) is 7.36. The predicted octanol–water partition coefficient (Wildman–Crippen LogP) is 1.03. The molecule has 4 nitrogen and oxygen atoms in total. The quantitative estimate of drug-likeness (QED) is 0.719. The van der Waals surface area contributed by atoms with Gasteiger partial charge in [0.15, 0.2) is 0 Å². The summed E-state index contributed by atoms with van der Waals surface area (Å²) in [6, 6.07) is 0. The molecular formula is C12H23NO3. The molecule has 94 valence electrons. The molecular weight excluding hydrogens is 206 g/mol. The van der Waals surface area contributed by atoms with E-state index in [2.05, 4.69) is 25.7 Å². The molecule has 2 unspecified atom stereocenters. The van der Waals surface area contributed by atoms with Gasteiger partial charge < -0.3 is 9.84 Å². The molecule has 0 spiro atoms. The Hall–Kier alpha value is -0.610. The van der Waals surface area contributed by atoms with Crippen molar-refractivity contribution in [3.8, 4) is 0 Å². The second kappa shape index (κ2) is 5.15. The number of hydrogen-bond donors (Lipinski definition) is 1. The van der Waals surface area contributed by atoms with Crippen LogP contribution >= 0.6 is 0 Å². The van der Waals surface area contributed by atoms with E-state index in [4.69, 9.17) is 4.74 Å². The fraction of sp³-hybridized carbons (Fsp3) is 0.917. The summed E-state index contributed by atoms with van der Waals surface area (Å²) in [5.74, 6) is -0.609. The van der Waals surface area contributed by atoms with Crippen molar-refractivity contribution < 1.29 is 14.6 Å². The van der Waals surface area contributed by atoms with Gasteiger partial charge in [0.1, 0.15) is 0 Å². The number of likely N-dealkylation sites (tertiary alicyclic amines) is 1. The number of ether oxygens (including phenoxy) is 1. The van der Waals surface area contributed by atoms with Gasteiger partial charge in [-0.1, -0.05) is 0 Å². The molecule has 4 heteroatoms. The monoisotopic (exact) mass is 229 g/mol. The molecule has 0 bridgehead atoms. The number of β-amino-alcohol motifs (C(OH)–C–C–N with tert-alkyl or cyclic N) is 1. The lowest BCUT2D eigenvalue weighted by Gasteiger charge is -2.42. The number of carbonyl (C=O) groups excluding carboxylic acids is 1. The van der Waals surface area contributed by atoms with Crippen LogP contribution in [0.1, 0.15) is 34.1 Å². The molecule has 0 aromatic heterocycles. The van der Waals surface area contributed by atoms with E-state index >= 15 is 0 Å². The number of nitrogens with zero attached hydrogens (tertiary/aromatic N) is 1. The molecule has 1 aliphatic heterocycles. The summed E-state index contributed by atoms with van der Waals surface area (Å²) < 4.78 is 4.96. The van der Waals surface area contributed by atoms with Crippen molar-refractivity contribution in [3.63, 3.8) is 0 Å². The molecule has 16 heavy (non-hydrogen) atoms. The highest BCUT2D eigenvalue weighted by Crippen LogP contribution is 2.24. The molecule has 1 rings (SSSR count). The summed E-state index contributed by atoms with van der Waals surface area (Å²) in [7, 11) is 0. The highest BCUT2D eigenvalue weighted by Gasteiger charge is 2.37. The van der Waals surface area contributed by atoms with Crippen LogP contribution in [0.4, 0.5) is 0 Å². The zero-order valence-electron chi connectivity index (χ0n) is 10.7. The Morgan fingerprint density at radius 2 is 2.12 bits per heavy atom. The zero-order chi connectivity index (χ0) is 12.3. The molecule has 1 fully saturated rings. The Bertz CT molecular complexity index is 247. The molecule has 0 aromatic rings. The minimum absolute atomic E-state index is 0.0423. The first-order valence-corrected chi connectivity index (χ1v) is 5.96. The summed E-state index contributed by atoms with van der Waals surface area (Å²) >= 11 is 0. The third-order valence-corrected chi connectivity index (χ3v) is 3.12. The Labute approximate surface area is 97.6 Å². The van der Waals surface area contributed by atoms with Crippen molar-refractivity contribution >= 4 is 5.97 Å². The third kappa shape index (κ3) is 3.19. The first-order valence-electron chi connectivity index (χ1n) is 5.96. The van der Waals surface area contributed by atoms with E-state index in [0.29, 0.717) is 19.6 Å². The fourth-order valence-corrected chi connectivity index (χ4v) is 2.07. The summed E-state index contributed by atoms with van der Waals surface area (Å²) in [5.41, 5.74) is 0.0423. The van der Waals surface area contributed by atoms with E-state index in [1.165, 1.54) is 0 Å². The van der Waals surface area contributed by atoms with E-state index in [1.54, 1.807) is 6.92 Å². The second-order valence-corrected chi connectivity index (χ2v) is 5.33. The minimum atomic E-state index is -0.605. The number of hydrogen-bond acceptors (Lipinski definition) is 4. The van der Waals surface area contributed by atoms with Crippen LogP contribution in [-0.4, -0.2) is 47.3 Å². The largest absolute Gasteiger partial charge is 0.466 e. The maximum absolute atomic E-state index is 11.6. The summed E-state index contributed by atoms with van der Waals surface area (Å²) in [5, 5.41) is 9.96. The van der Waals surface area contributed by atoms with Gasteiger partial charge in [-0.3, -0.25) is 9.69 Å². The van der Waals surface area contributed by atoms with Crippen LogP contribution in [0.2, 0.25) is 0 Å². The number of piperidine rings is 1. The maximum Gasteiger partial charge on any atom is 0.311 e. The van der Waals surface area contributed by atoms with Gasteiger partial charge in [-0.2, -0.15) is 0 Å². The summed E-state index contributed by atoms with van der Waals surface area (Å²) in [6.45, 7) is 9.90. The van der Waals surface area contributed by atoms with Crippen LogP contribution in [-0.2, 0) is 9.53 Å². The van der Waals surface area contributed by atoms with Gasteiger partial charge in [0.05, 0.1) is 18.6 Å². The SMILES string of the molecule is CCOC(=O)C1CCN(C(C)(C)C)CC1O. The molecule has 0 aromatic carbocycles. The normalized spacial score (nSPS) is 27.8. The lowest BCUT2D eigenvalue weighted by molar-refractivity contribution is -0.156. The Balaban J connectivity index is 2.56. The van der Waals surface area contributed by atoms with Crippen LogP contribution in [0.3, 0.4) is 0 Å². The smallest absolute Gasteiger partial charge is 0.311 e. The second-order valence-electron chi connectivity index (χ2n) is 5.33. The van der Waals surface area contributed by atoms with Crippen LogP contribution < -0.4 is 0 Å². The molecule has 0 amide bonds. The number of rotatable bonds is 2. The van der Waals surface area contributed by atoms with Crippen molar-refractivity contribution in [2.24, 2.45) is 5.92 Å². The van der Waals surface area contributed by atoms with Gasteiger partial charge in [-0.25, -0.2) is 0 Å². The Morgan fingerprint density at radius 1 is 1.50 bits per heavy atom. The average molecular weight is 229 g/mol. The third-order valence-electron chi connectivity index (χ3n) is 3.12. The van der Waals surface area contributed by atoms with Crippen molar-refractivity contribution in [3.05, 3.63) is 0 Å². The van der Waals surface area contributed by atoms with Gasteiger partial charge in [-0.05, 0) is 40.7 Å². The molecule has 2 atom stereocenters. The van der Waals surface area contributed by atoms with Crippen molar-refractivity contribution in [2.75, 3.05) is 19.7 Å². The van der Waals surface area contributed by atoms with Crippen LogP contribution in [0.15, 0.2) is 0 Å². The van der Waals surface area contributed by atoms with E-state index in [0.717, 1.165) is 6.54 Å². The lowest BCUT2D eigenvalue weighted by Crippen LogP contribution is -2.53. The lowest BCUT2D eigenvalue weighted by atomic mass is 9.91. The van der Waals surface area contributed by atoms with E-state index < -0.39 is 6.10 Å². The van der Waals surface area contributed by atoms with Crippen molar-refractivity contribution in [2.45, 2.75) is 45.8 Å². The molecule has 1 N–H and O–H groups in total. The molecule has 1 aliphatic rings. The number of esters is 1. The molecule has 0 radical (unpaired) electrons. The highest BCUT2D eigenvalue weighted by atomic mass is 16.5. The number of carbonyl (C=O) groups is 1. The van der Waals surface area contributed by atoms with Crippen molar-refractivity contribution in [1.29, 1.82) is 0 Å². The van der Waals surface area contributed by atoms with Crippen LogP contribution in [0.5, 0.6) is 0 Å². The fourth-order valence-electron chi connectivity index (χ4n) is 2.07. The molecule has 0 saturated carbocycles. The van der Waals surface area contributed by atoms with Crippen LogP contribution in [0, 0.1) is 5.92 Å². The van der Waals surface area contributed by atoms with Gasteiger partial charge >= 0.3 is 5.97 Å². The number of aliphatic hydroxyl groups is 1. The summed E-state index contributed by atoms with van der Waals surface area (Å²) in [4.78, 5) is 13.8. The van der Waals surface area contributed by atoms with Crippen molar-refractivity contribution in [1.82, 2.24) is 4.90 Å². The van der Waals surface area contributed by atoms with E-state index in [9.17, 15) is 9.90 Å². The summed E-state index contributed by atoms with van der Waals surface area (Å²) in [6.07, 6.45) is 0.0732. The zero-order valence-corrected chi connectivity index (χ0v) is 10.7. The maximum atomic E-state index is 11.6. The molecule has 1 saturated heterocycles. The standard InChI is InChI=1S/C12H23NO3/c1-5-16-11(15)9-6-7-13(8-10(9)14)12(2,3)4/h9-10,14H,5-8H2,1-4H3. The Morgan fingerprint density at radius 3 is 2.56 bits per heavy atom. The Kier molecular flexibility index (Phi) is 4.33. The molecule has 1 heterocycles.